The van der Waals surface area contributed by atoms with Crippen molar-refractivity contribution in [3.05, 3.63) is 52.4 Å². The van der Waals surface area contributed by atoms with Gasteiger partial charge in [-0.3, -0.25) is 4.79 Å². The lowest BCUT2D eigenvalue weighted by Crippen LogP contribution is -2.41. The standard InChI is InChI=1S/C22H26N2O3S2/c1-14-6-4-5-7-16(14)20(23)17-8-9-19(28-17)24-29(26,27)13-22-11-10-15(12-18(22)25)21(22,2)3/h4-9,15H,10-13,23H2,1-3H3/b20-17-,24-19+. The normalized spacial score (nSPS) is 31.1. The number of sulfonamides is 1. The molecule has 2 fully saturated rings. The van der Waals surface area contributed by atoms with Crippen LogP contribution in [0.15, 0.2) is 45.7 Å². The van der Waals surface area contributed by atoms with E-state index in [2.05, 4.69) is 4.40 Å². The van der Waals surface area contributed by atoms with Gasteiger partial charge in [-0.15, -0.1) is 0 Å². The number of carbonyl (C=O) groups is 1. The summed E-state index contributed by atoms with van der Waals surface area (Å²) in [6, 6.07) is 7.81. The van der Waals surface area contributed by atoms with Crippen molar-refractivity contribution >= 4 is 38.3 Å². The molecule has 0 radical (unpaired) electrons. The average molecular weight is 431 g/mol. The van der Waals surface area contributed by atoms with Crippen LogP contribution in [0, 0.1) is 23.7 Å². The predicted octanol–water partition coefficient (Wildman–Crippen LogP) is 4.05. The van der Waals surface area contributed by atoms with E-state index in [9.17, 15) is 13.2 Å². The Hall–Kier alpha value is -1.86. The lowest BCUT2D eigenvalue weighted by Gasteiger charge is -2.35. The number of hydrogen-bond acceptors (Lipinski definition) is 5. The molecular weight excluding hydrogens is 404 g/mol. The van der Waals surface area contributed by atoms with Gasteiger partial charge in [-0.25, -0.2) is 8.42 Å². The first kappa shape index (κ1) is 20.4. The van der Waals surface area contributed by atoms with Crippen LogP contribution in [0.5, 0.6) is 0 Å². The number of ketones is 1. The number of carbonyl (C=O) groups excluding carboxylic acids is 1. The van der Waals surface area contributed by atoms with Gasteiger partial charge < -0.3 is 5.73 Å². The van der Waals surface area contributed by atoms with Gasteiger partial charge in [0.05, 0.1) is 16.9 Å². The van der Waals surface area contributed by atoms with Crippen molar-refractivity contribution in [1.82, 2.24) is 0 Å². The quantitative estimate of drug-likeness (QED) is 0.778. The Kier molecular flexibility index (Phi) is 4.82. The molecule has 2 aliphatic carbocycles. The summed E-state index contributed by atoms with van der Waals surface area (Å²) >= 11 is 1.25. The van der Waals surface area contributed by atoms with E-state index in [1.165, 1.54) is 11.8 Å². The molecule has 5 nitrogen and oxygen atoms in total. The van der Waals surface area contributed by atoms with Crippen LogP contribution in [0.4, 0.5) is 0 Å². The molecule has 0 spiro atoms. The van der Waals surface area contributed by atoms with E-state index in [-0.39, 0.29) is 22.9 Å². The van der Waals surface area contributed by atoms with E-state index in [1.54, 1.807) is 12.2 Å². The number of allylic oxidation sites excluding steroid dienone is 1. The van der Waals surface area contributed by atoms with Gasteiger partial charge in [0.1, 0.15) is 10.8 Å². The number of benzene rings is 1. The highest BCUT2D eigenvalue weighted by molar-refractivity contribution is 8.18. The van der Waals surface area contributed by atoms with Crippen molar-refractivity contribution in [2.75, 3.05) is 5.75 Å². The summed E-state index contributed by atoms with van der Waals surface area (Å²) in [5.74, 6) is 0.163. The van der Waals surface area contributed by atoms with Crippen molar-refractivity contribution in [1.29, 1.82) is 0 Å². The molecule has 1 heterocycles. The molecule has 7 heteroatoms. The first-order chi connectivity index (χ1) is 13.6. The van der Waals surface area contributed by atoms with Crippen LogP contribution in [0.25, 0.3) is 5.70 Å². The van der Waals surface area contributed by atoms with Crippen LogP contribution < -0.4 is 5.73 Å². The molecule has 0 amide bonds. The summed E-state index contributed by atoms with van der Waals surface area (Å²) in [6.07, 6.45) is 5.53. The smallest absolute Gasteiger partial charge is 0.255 e. The van der Waals surface area contributed by atoms with Crippen LogP contribution >= 0.6 is 11.8 Å². The van der Waals surface area contributed by atoms with E-state index < -0.39 is 15.4 Å². The molecule has 2 atom stereocenters. The van der Waals surface area contributed by atoms with Crippen LogP contribution in [0.1, 0.15) is 44.2 Å². The highest BCUT2D eigenvalue weighted by Gasteiger charge is 2.65. The van der Waals surface area contributed by atoms with E-state index in [0.717, 1.165) is 22.5 Å². The average Bonchev–Trinajstić information content (AvgIpc) is 3.24. The van der Waals surface area contributed by atoms with Crippen LogP contribution in [0.2, 0.25) is 0 Å². The Morgan fingerprint density at radius 3 is 2.62 bits per heavy atom. The zero-order chi connectivity index (χ0) is 21.0. The van der Waals surface area contributed by atoms with E-state index >= 15 is 0 Å². The maximum atomic E-state index is 12.9. The molecule has 1 aromatic rings. The van der Waals surface area contributed by atoms with Gasteiger partial charge in [-0.1, -0.05) is 49.9 Å². The molecule has 1 aliphatic heterocycles. The predicted molar refractivity (Wildman–Crippen MR) is 119 cm³/mol. The van der Waals surface area contributed by atoms with Gasteiger partial charge in [0.15, 0.2) is 0 Å². The summed E-state index contributed by atoms with van der Waals surface area (Å²) < 4.78 is 29.9. The van der Waals surface area contributed by atoms with Crippen LogP contribution in [-0.2, 0) is 14.8 Å². The van der Waals surface area contributed by atoms with Crippen molar-refractivity contribution in [3.8, 4) is 0 Å². The molecule has 0 aromatic heterocycles. The first-order valence-electron chi connectivity index (χ1n) is 9.83. The zero-order valence-corrected chi connectivity index (χ0v) is 18.6. The number of nitrogens with zero attached hydrogens (tertiary/aromatic N) is 1. The van der Waals surface area contributed by atoms with Gasteiger partial charge in [0.25, 0.3) is 10.0 Å². The molecule has 2 unspecified atom stereocenters. The lowest BCUT2D eigenvalue weighted by molar-refractivity contribution is -0.128. The largest absolute Gasteiger partial charge is 0.397 e. The number of rotatable bonds is 4. The third kappa shape index (κ3) is 3.28. The van der Waals surface area contributed by atoms with Crippen molar-refractivity contribution in [2.45, 2.75) is 40.0 Å². The van der Waals surface area contributed by atoms with Crippen LogP contribution in [-0.4, -0.2) is 25.0 Å². The molecular formula is C22H26N2O3S2. The van der Waals surface area contributed by atoms with Crippen molar-refractivity contribution in [3.63, 3.8) is 0 Å². The maximum absolute atomic E-state index is 12.9. The first-order valence-corrected chi connectivity index (χ1v) is 12.3. The minimum atomic E-state index is -3.79. The number of Topliss-reactive ketones (excluding diaryl/α,β-unsaturated/α-hetero) is 1. The molecule has 2 bridgehead atoms. The van der Waals surface area contributed by atoms with Gasteiger partial charge in [0, 0.05) is 16.9 Å². The zero-order valence-electron chi connectivity index (χ0n) is 16.9. The highest BCUT2D eigenvalue weighted by Crippen LogP contribution is 2.64. The summed E-state index contributed by atoms with van der Waals surface area (Å²) in [5, 5.41) is 0.394. The Balaban J connectivity index is 1.58. The number of aryl methyl sites for hydroxylation is 1. The summed E-state index contributed by atoms with van der Waals surface area (Å²) in [4.78, 5) is 13.4. The summed E-state index contributed by atoms with van der Waals surface area (Å²) in [7, 11) is -3.79. The number of hydrogen-bond donors (Lipinski definition) is 1. The van der Waals surface area contributed by atoms with Crippen molar-refractivity contribution < 1.29 is 13.2 Å². The topological polar surface area (TPSA) is 89.6 Å². The van der Waals surface area contributed by atoms with Gasteiger partial charge in [0.2, 0.25) is 0 Å². The second kappa shape index (κ2) is 6.84. The molecule has 4 rings (SSSR count). The second-order valence-electron chi connectivity index (χ2n) is 8.85. The van der Waals surface area contributed by atoms with E-state index in [0.29, 0.717) is 23.6 Å². The van der Waals surface area contributed by atoms with E-state index in [1.807, 2.05) is 45.0 Å². The maximum Gasteiger partial charge on any atom is 0.255 e. The van der Waals surface area contributed by atoms with Crippen molar-refractivity contribution in [2.24, 2.45) is 26.9 Å². The summed E-state index contributed by atoms with van der Waals surface area (Å²) in [6.45, 7) is 6.05. The van der Waals surface area contributed by atoms with Gasteiger partial charge >= 0.3 is 0 Å². The fraction of sp³-hybridized carbons (Fsp3) is 0.455. The second-order valence-corrected chi connectivity index (χ2v) is 11.5. The SMILES string of the molecule is Cc1ccccc1/C(N)=C1C=C/C(=N\S(=O)(=O)CC23CCC(CC2=O)C3(C)C)S\1. The Bertz CT molecular complexity index is 1080. The molecule has 2 saturated carbocycles. The minimum Gasteiger partial charge on any atom is -0.397 e. The Morgan fingerprint density at radius 2 is 2.00 bits per heavy atom. The third-order valence-electron chi connectivity index (χ3n) is 7.09. The Labute approximate surface area is 176 Å². The molecule has 29 heavy (non-hydrogen) atoms. The molecule has 1 aromatic carbocycles. The number of fused-ring (bicyclic) bond motifs is 2. The van der Waals surface area contributed by atoms with Crippen LogP contribution in [0.3, 0.4) is 0 Å². The molecule has 154 valence electrons. The molecule has 3 aliphatic rings. The van der Waals surface area contributed by atoms with Gasteiger partial charge in [-0.2, -0.15) is 4.40 Å². The lowest BCUT2D eigenvalue weighted by atomic mass is 9.70. The number of thioether (sulfide) groups is 1. The minimum absolute atomic E-state index is 0.0847. The third-order valence-corrected chi connectivity index (χ3v) is 9.55. The fourth-order valence-electron chi connectivity index (χ4n) is 5.12. The summed E-state index contributed by atoms with van der Waals surface area (Å²) in [5.41, 5.74) is 7.82. The molecule has 0 saturated heterocycles. The highest BCUT2D eigenvalue weighted by atomic mass is 32.2. The number of nitrogens with two attached hydrogens (primary N) is 1. The fourth-order valence-corrected chi connectivity index (χ4v) is 8.03. The Morgan fingerprint density at radius 1 is 1.28 bits per heavy atom. The van der Waals surface area contributed by atoms with Gasteiger partial charge in [-0.05, 0) is 48.8 Å². The monoisotopic (exact) mass is 430 g/mol. The van der Waals surface area contributed by atoms with E-state index in [4.69, 9.17) is 5.73 Å². The molecule has 2 N–H and O–H groups in total.